The summed E-state index contributed by atoms with van der Waals surface area (Å²) < 4.78 is 5.08. The Bertz CT molecular complexity index is 376. The normalized spacial score (nSPS) is 15.1. The van der Waals surface area contributed by atoms with Gasteiger partial charge in [-0.15, -0.1) is 0 Å². The molecule has 1 saturated heterocycles. The second kappa shape index (κ2) is 10.3. The summed E-state index contributed by atoms with van der Waals surface area (Å²) in [5.74, 6) is 1.52. The Labute approximate surface area is 128 Å². The standard InChI is InChI=1S/C9H14N3O2PS.C4H10/c13-15-14-8-5-12(6-8)9-10-3-1-7(11-9)2-4-16;1-3-4-2/h1,3,8,13,15-16H,2,4-6H2;3-4H2,1-2H3. The number of aromatic nitrogens is 2. The van der Waals surface area contributed by atoms with Crippen LogP contribution in [0.5, 0.6) is 0 Å². The van der Waals surface area contributed by atoms with Gasteiger partial charge in [0.1, 0.15) is 0 Å². The molecule has 1 N–H and O–H groups in total. The predicted molar refractivity (Wildman–Crippen MR) is 87.8 cm³/mol. The van der Waals surface area contributed by atoms with E-state index in [0.29, 0.717) is 0 Å². The van der Waals surface area contributed by atoms with Crippen LogP contribution >= 0.6 is 21.7 Å². The molecule has 1 aromatic heterocycles. The molecule has 1 aliphatic rings. The van der Waals surface area contributed by atoms with E-state index in [1.807, 2.05) is 11.0 Å². The molecule has 1 aliphatic heterocycles. The first-order valence-electron chi connectivity index (χ1n) is 6.97. The fourth-order valence-corrected chi connectivity index (χ4v) is 2.07. The van der Waals surface area contributed by atoms with E-state index >= 15 is 0 Å². The fraction of sp³-hybridized carbons (Fsp3) is 0.692. The van der Waals surface area contributed by atoms with Gasteiger partial charge in [-0.2, -0.15) is 12.6 Å². The minimum absolute atomic E-state index is 0.112. The van der Waals surface area contributed by atoms with Gasteiger partial charge in [0, 0.05) is 25.0 Å². The first-order chi connectivity index (χ1) is 9.74. The van der Waals surface area contributed by atoms with E-state index < -0.39 is 9.03 Å². The molecule has 114 valence electrons. The van der Waals surface area contributed by atoms with Crippen molar-refractivity contribution < 1.29 is 9.42 Å². The first kappa shape index (κ1) is 17.6. The van der Waals surface area contributed by atoms with Gasteiger partial charge in [-0.1, -0.05) is 26.7 Å². The molecule has 0 bridgehead atoms. The maximum absolute atomic E-state index is 8.62. The van der Waals surface area contributed by atoms with Gasteiger partial charge in [0.15, 0.2) is 9.03 Å². The Morgan fingerprint density at radius 1 is 1.45 bits per heavy atom. The number of hydrogen-bond donors (Lipinski definition) is 2. The van der Waals surface area contributed by atoms with E-state index in [9.17, 15) is 0 Å². The van der Waals surface area contributed by atoms with Crippen LogP contribution in [0.4, 0.5) is 5.95 Å². The zero-order valence-electron chi connectivity index (χ0n) is 12.1. The first-order valence-corrected chi connectivity index (χ1v) is 8.46. The van der Waals surface area contributed by atoms with Crippen LogP contribution in [0, 0.1) is 0 Å². The summed E-state index contributed by atoms with van der Waals surface area (Å²) in [6.07, 6.45) is 5.37. The van der Waals surface area contributed by atoms with Crippen LogP contribution in [0.1, 0.15) is 32.4 Å². The Balaban J connectivity index is 0.000000444. The third-order valence-electron chi connectivity index (χ3n) is 2.92. The van der Waals surface area contributed by atoms with Crippen molar-refractivity contribution in [2.24, 2.45) is 0 Å². The smallest absolute Gasteiger partial charge is 0.225 e. The van der Waals surface area contributed by atoms with E-state index in [1.165, 1.54) is 12.8 Å². The molecule has 1 fully saturated rings. The van der Waals surface area contributed by atoms with Crippen LogP contribution in [0.25, 0.3) is 0 Å². The molecule has 0 amide bonds. The van der Waals surface area contributed by atoms with E-state index in [2.05, 4.69) is 36.4 Å². The molecule has 2 heterocycles. The highest BCUT2D eigenvalue weighted by molar-refractivity contribution is 7.80. The van der Waals surface area contributed by atoms with Crippen LogP contribution in [0.15, 0.2) is 12.3 Å². The number of nitrogens with zero attached hydrogens (tertiary/aromatic N) is 3. The Morgan fingerprint density at radius 3 is 2.70 bits per heavy atom. The highest BCUT2D eigenvalue weighted by atomic mass is 32.1. The lowest BCUT2D eigenvalue weighted by Crippen LogP contribution is -2.52. The third-order valence-corrected chi connectivity index (χ3v) is 3.58. The van der Waals surface area contributed by atoms with E-state index in [-0.39, 0.29) is 6.10 Å². The topological polar surface area (TPSA) is 58.5 Å². The largest absolute Gasteiger partial charge is 0.352 e. The third kappa shape index (κ3) is 5.92. The Hall–Kier alpha value is -0.420. The summed E-state index contributed by atoms with van der Waals surface area (Å²) >= 11 is 4.18. The summed E-state index contributed by atoms with van der Waals surface area (Å²) in [6, 6.07) is 1.91. The van der Waals surface area contributed by atoms with Gasteiger partial charge in [0.2, 0.25) is 5.95 Å². The Morgan fingerprint density at radius 2 is 2.15 bits per heavy atom. The molecule has 0 radical (unpaired) electrons. The Kier molecular flexibility index (Phi) is 9.10. The highest BCUT2D eigenvalue weighted by Crippen LogP contribution is 2.22. The number of unbranched alkanes of at least 4 members (excludes halogenated alkanes) is 1. The maximum Gasteiger partial charge on any atom is 0.225 e. The molecule has 0 spiro atoms. The summed E-state index contributed by atoms with van der Waals surface area (Å²) in [7, 11) is -0.436. The van der Waals surface area contributed by atoms with Gasteiger partial charge in [-0.3, -0.25) is 0 Å². The number of aryl methyl sites for hydroxylation is 1. The van der Waals surface area contributed by atoms with Crippen molar-refractivity contribution in [3.05, 3.63) is 18.0 Å². The lowest BCUT2D eigenvalue weighted by atomic mass is 10.2. The number of thiol groups is 1. The summed E-state index contributed by atoms with van der Waals surface area (Å²) in [5, 5.41) is 0. The zero-order chi connectivity index (χ0) is 14.8. The minimum atomic E-state index is -0.436. The summed E-state index contributed by atoms with van der Waals surface area (Å²) in [6.45, 7) is 5.86. The molecule has 1 unspecified atom stereocenters. The van der Waals surface area contributed by atoms with Crippen LogP contribution < -0.4 is 4.90 Å². The quantitative estimate of drug-likeness (QED) is 0.623. The average Bonchev–Trinajstić information content (AvgIpc) is 2.43. The van der Waals surface area contributed by atoms with Crippen molar-refractivity contribution in [2.45, 2.75) is 39.2 Å². The number of rotatable bonds is 6. The predicted octanol–water partition coefficient (Wildman–Crippen LogP) is 2.46. The molecule has 7 heteroatoms. The molecule has 5 nitrogen and oxygen atoms in total. The lowest BCUT2D eigenvalue weighted by Gasteiger charge is -2.38. The molecule has 2 rings (SSSR count). The van der Waals surface area contributed by atoms with Gasteiger partial charge in [-0.05, 0) is 18.2 Å². The number of anilines is 1. The van der Waals surface area contributed by atoms with E-state index in [1.54, 1.807) is 6.20 Å². The van der Waals surface area contributed by atoms with Gasteiger partial charge < -0.3 is 14.3 Å². The van der Waals surface area contributed by atoms with Crippen LogP contribution in [0.2, 0.25) is 0 Å². The molecular formula is C13H24N3O2PS. The van der Waals surface area contributed by atoms with Crippen LogP contribution in [-0.2, 0) is 10.9 Å². The van der Waals surface area contributed by atoms with Crippen LogP contribution in [-0.4, -0.2) is 39.8 Å². The summed E-state index contributed by atoms with van der Waals surface area (Å²) in [4.78, 5) is 19.3. The molecule has 20 heavy (non-hydrogen) atoms. The molecule has 0 aromatic carbocycles. The van der Waals surface area contributed by atoms with E-state index in [0.717, 1.165) is 36.9 Å². The monoisotopic (exact) mass is 317 g/mol. The van der Waals surface area contributed by atoms with Crippen molar-refractivity contribution in [1.82, 2.24) is 9.97 Å². The molecule has 0 aliphatic carbocycles. The highest BCUT2D eigenvalue weighted by Gasteiger charge is 2.29. The van der Waals surface area contributed by atoms with Crippen molar-refractivity contribution in [3.63, 3.8) is 0 Å². The maximum atomic E-state index is 8.62. The molecule has 1 aromatic rings. The van der Waals surface area contributed by atoms with Gasteiger partial charge in [0.05, 0.1) is 6.10 Å². The lowest BCUT2D eigenvalue weighted by molar-refractivity contribution is 0.176. The molecule has 0 saturated carbocycles. The summed E-state index contributed by atoms with van der Waals surface area (Å²) in [5.41, 5.74) is 1.01. The van der Waals surface area contributed by atoms with E-state index in [4.69, 9.17) is 9.42 Å². The van der Waals surface area contributed by atoms with Crippen LogP contribution in [0.3, 0.4) is 0 Å². The minimum Gasteiger partial charge on any atom is -0.352 e. The fourth-order valence-electron chi connectivity index (χ4n) is 1.54. The SMILES string of the molecule is CCCC.OPOC1CN(c2nccc(CCS)n2)C1. The van der Waals surface area contributed by atoms with Gasteiger partial charge in [0.25, 0.3) is 0 Å². The second-order valence-electron chi connectivity index (χ2n) is 4.56. The number of hydrogen-bond acceptors (Lipinski definition) is 6. The van der Waals surface area contributed by atoms with Gasteiger partial charge in [-0.25, -0.2) is 9.97 Å². The van der Waals surface area contributed by atoms with Gasteiger partial charge >= 0.3 is 0 Å². The zero-order valence-corrected chi connectivity index (χ0v) is 14.0. The van der Waals surface area contributed by atoms with Crippen molar-refractivity contribution in [1.29, 1.82) is 0 Å². The average molecular weight is 317 g/mol. The molecule has 1 atom stereocenters. The van der Waals surface area contributed by atoms with Crippen molar-refractivity contribution >= 4 is 27.6 Å². The van der Waals surface area contributed by atoms with Crippen molar-refractivity contribution in [3.8, 4) is 0 Å². The molecular weight excluding hydrogens is 293 g/mol. The second-order valence-corrected chi connectivity index (χ2v) is 5.42. The van der Waals surface area contributed by atoms with Crippen molar-refractivity contribution in [2.75, 3.05) is 23.7 Å².